The van der Waals surface area contributed by atoms with Crippen molar-refractivity contribution in [1.82, 2.24) is 4.40 Å². The lowest BCUT2D eigenvalue weighted by molar-refractivity contribution is 0.101. The van der Waals surface area contributed by atoms with E-state index in [0.717, 1.165) is 5.56 Å². The SMILES string of the molecule is COc1cc(O)c(C(=O)c2cc(C(C)=O)c3cc(C)cn3c2)c(OC)c1OC. The minimum atomic E-state index is -0.508. The van der Waals surface area contributed by atoms with Crippen LogP contribution in [-0.4, -0.2) is 42.4 Å². The Hall–Kier alpha value is -3.48. The number of methoxy groups -OCH3 is 3. The number of carbonyl (C=O) groups is 2. The fourth-order valence-electron chi connectivity index (χ4n) is 3.27. The first-order chi connectivity index (χ1) is 13.3. The third-order valence-electron chi connectivity index (χ3n) is 4.52. The van der Waals surface area contributed by atoms with Gasteiger partial charge in [-0.1, -0.05) is 0 Å². The number of phenols is 1. The Balaban J connectivity index is 2.27. The van der Waals surface area contributed by atoms with E-state index in [2.05, 4.69) is 0 Å². The lowest BCUT2D eigenvalue weighted by Gasteiger charge is -2.17. The van der Waals surface area contributed by atoms with Crippen LogP contribution in [0.15, 0.2) is 30.6 Å². The number of aromatic hydroxyl groups is 1. The van der Waals surface area contributed by atoms with E-state index in [-0.39, 0.29) is 39.9 Å². The van der Waals surface area contributed by atoms with Gasteiger partial charge in [0.25, 0.3) is 0 Å². The second-order valence-electron chi connectivity index (χ2n) is 6.38. The van der Waals surface area contributed by atoms with Gasteiger partial charge in [0.2, 0.25) is 11.5 Å². The standard InChI is InChI=1S/C21H21NO6/c1-11-6-15-14(12(2)23)7-13(10-22(15)9-11)19(25)18-16(24)8-17(26-3)20(27-4)21(18)28-5/h6-10,24H,1-5H3. The number of ether oxygens (including phenoxy) is 3. The van der Waals surface area contributed by atoms with Gasteiger partial charge in [-0.25, -0.2) is 0 Å². The van der Waals surface area contributed by atoms with E-state index in [1.54, 1.807) is 10.6 Å². The minimum Gasteiger partial charge on any atom is -0.507 e. The maximum absolute atomic E-state index is 13.3. The second kappa shape index (κ2) is 7.26. The molecule has 0 saturated carbocycles. The lowest BCUT2D eigenvalue weighted by Crippen LogP contribution is -2.09. The number of aromatic nitrogens is 1. The highest BCUT2D eigenvalue weighted by Crippen LogP contribution is 2.45. The van der Waals surface area contributed by atoms with E-state index >= 15 is 0 Å². The summed E-state index contributed by atoms with van der Waals surface area (Å²) in [5.41, 5.74) is 2.24. The lowest BCUT2D eigenvalue weighted by atomic mass is 9.99. The number of hydrogen-bond donors (Lipinski definition) is 1. The minimum absolute atomic E-state index is 0.0532. The van der Waals surface area contributed by atoms with E-state index < -0.39 is 5.78 Å². The summed E-state index contributed by atoms with van der Waals surface area (Å²) < 4.78 is 17.6. The Morgan fingerprint density at radius 3 is 2.21 bits per heavy atom. The van der Waals surface area contributed by atoms with E-state index in [1.165, 1.54) is 40.4 Å². The molecule has 0 unspecified atom stereocenters. The number of benzene rings is 1. The van der Waals surface area contributed by atoms with Crippen molar-refractivity contribution in [3.05, 3.63) is 52.8 Å². The molecule has 1 aromatic carbocycles. The predicted molar refractivity (Wildman–Crippen MR) is 103 cm³/mol. The first-order valence-corrected chi connectivity index (χ1v) is 8.52. The topological polar surface area (TPSA) is 86.5 Å². The molecule has 0 atom stereocenters. The van der Waals surface area contributed by atoms with Crippen molar-refractivity contribution in [2.75, 3.05) is 21.3 Å². The maximum atomic E-state index is 13.3. The first-order valence-electron chi connectivity index (χ1n) is 8.52. The number of fused-ring (bicyclic) bond motifs is 1. The van der Waals surface area contributed by atoms with Crippen LogP contribution in [-0.2, 0) is 0 Å². The molecule has 28 heavy (non-hydrogen) atoms. The average Bonchev–Trinajstić information content (AvgIpc) is 3.05. The monoisotopic (exact) mass is 383 g/mol. The maximum Gasteiger partial charge on any atom is 0.204 e. The van der Waals surface area contributed by atoms with Crippen molar-refractivity contribution in [1.29, 1.82) is 0 Å². The quantitative estimate of drug-likeness (QED) is 0.657. The molecular formula is C21H21NO6. The van der Waals surface area contributed by atoms with Gasteiger partial charge in [-0.15, -0.1) is 0 Å². The molecule has 3 aromatic rings. The molecule has 0 fully saturated rings. The summed E-state index contributed by atoms with van der Waals surface area (Å²) >= 11 is 0. The van der Waals surface area contributed by atoms with Crippen molar-refractivity contribution in [3.8, 4) is 23.0 Å². The highest BCUT2D eigenvalue weighted by atomic mass is 16.5. The number of aryl methyl sites for hydroxylation is 1. The Labute approximate surface area is 162 Å². The first kappa shape index (κ1) is 19.3. The fourth-order valence-corrected chi connectivity index (χ4v) is 3.27. The summed E-state index contributed by atoms with van der Waals surface area (Å²) in [5.74, 6) is -0.511. The van der Waals surface area contributed by atoms with Gasteiger partial charge in [-0.2, -0.15) is 0 Å². The van der Waals surface area contributed by atoms with E-state index in [1.807, 2.05) is 19.2 Å². The van der Waals surface area contributed by atoms with Gasteiger partial charge in [-0.05, 0) is 31.5 Å². The van der Waals surface area contributed by atoms with Crippen molar-refractivity contribution in [2.24, 2.45) is 0 Å². The van der Waals surface area contributed by atoms with Gasteiger partial charge >= 0.3 is 0 Å². The number of carbonyl (C=O) groups excluding carboxylic acids is 2. The van der Waals surface area contributed by atoms with Crippen molar-refractivity contribution < 1.29 is 28.9 Å². The zero-order valence-corrected chi connectivity index (χ0v) is 16.3. The Kier molecular flexibility index (Phi) is 5.00. The van der Waals surface area contributed by atoms with Crippen molar-refractivity contribution >= 4 is 17.1 Å². The second-order valence-corrected chi connectivity index (χ2v) is 6.38. The number of Topliss-reactive ketones (excluding diaryl/α,β-unsaturated/α-hetero) is 1. The van der Waals surface area contributed by atoms with Crippen LogP contribution in [0.25, 0.3) is 5.52 Å². The third-order valence-corrected chi connectivity index (χ3v) is 4.52. The molecule has 0 aliphatic heterocycles. The molecule has 0 spiro atoms. The van der Waals surface area contributed by atoms with Gasteiger partial charge in [0.15, 0.2) is 17.3 Å². The number of ketones is 2. The summed E-state index contributed by atoms with van der Waals surface area (Å²) in [6.45, 7) is 3.35. The number of phenolic OH excluding ortho intramolecular Hbond substituents is 1. The van der Waals surface area contributed by atoms with Crippen LogP contribution in [0, 0.1) is 6.92 Å². The fraction of sp³-hybridized carbons (Fsp3) is 0.238. The number of rotatable bonds is 6. The Morgan fingerprint density at radius 1 is 0.964 bits per heavy atom. The molecule has 0 aliphatic carbocycles. The van der Waals surface area contributed by atoms with Crippen LogP contribution < -0.4 is 14.2 Å². The zero-order chi connectivity index (χ0) is 20.6. The van der Waals surface area contributed by atoms with Crippen LogP contribution in [0.3, 0.4) is 0 Å². The predicted octanol–water partition coefficient (Wildman–Crippen LogP) is 3.41. The molecule has 0 bridgehead atoms. The van der Waals surface area contributed by atoms with Gasteiger partial charge in [0.1, 0.15) is 11.3 Å². The smallest absolute Gasteiger partial charge is 0.204 e. The summed E-state index contributed by atoms with van der Waals surface area (Å²) in [6.07, 6.45) is 3.44. The van der Waals surface area contributed by atoms with Crippen LogP contribution in [0.1, 0.15) is 38.8 Å². The molecule has 0 aliphatic rings. The van der Waals surface area contributed by atoms with E-state index in [9.17, 15) is 14.7 Å². The van der Waals surface area contributed by atoms with Gasteiger partial charge in [0, 0.05) is 29.6 Å². The number of pyridine rings is 1. The highest BCUT2D eigenvalue weighted by molar-refractivity contribution is 6.14. The molecule has 7 heteroatoms. The Bertz CT molecular complexity index is 1100. The van der Waals surface area contributed by atoms with Gasteiger partial charge in [-0.3, -0.25) is 9.59 Å². The Morgan fingerprint density at radius 2 is 1.64 bits per heavy atom. The molecule has 2 heterocycles. The summed E-state index contributed by atoms with van der Waals surface area (Å²) in [5, 5.41) is 10.5. The highest BCUT2D eigenvalue weighted by Gasteiger charge is 2.27. The molecule has 146 valence electrons. The summed E-state index contributed by atoms with van der Waals surface area (Å²) in [7, 11) is 4.20. The largest absolute Gasteiger partial charge is 0.507 e. The van der Waals surface area contributed by atoms with Gasteiger partial charge < -0.3 is 23.7 Å². The molecule has 2 aromatic heterocycles. The molecule has 3 rings (SSSR count). The van der Waals surface area contributed by atoms with Crippen LogP contribution in [0.2, 0.25) is 0 Å². The number of hydrogen-bond acceptors (Lipinski definition) is 6. The number of nitrogens with zero attached hydrogens (tertiary/aromatic N) is 1. The summed E-state index contributed by atoms with van der Waals surface area (Å²) in [4.78, 5) is 25.4. The zero-order valence-electron chi connectivity index (χ0n) is 16.3. The third kappa shape index (κ3) is 3.05. The van der Waals surface area contributed by atoms with Crippen LogP contribution in [0.4, 0.5) is 0 Å². The van der Waals surface area contributed by atoms with Gasteiger partial charge in [0.05, 0.1) is 26.8 Å². The van der Waals surface area contributed by atoms with Crippen LogP contribution >= 0.6 is 0 Å². The molecule has 1 N–H and O–H groups in total. The molecular weight excluding hydrogens is 362 g/mol. The summed E-state index contributed by atoms with van der Waals surface area (Å²) in [6, 6.07) is 4.69. The molecule has 7 nitrogen and oxygen atoms in total. The van der Waals surface area contributed by atoms with Crippen molar-refractivity contribution in [3.63, 3.8) is 0 Å². The van der Waals surface area contributed by atoms with Crippen LogP contribution in [0.5, 0.6) is 23.0 Å². The molecule has 0 amide bonds. The van der Waals surface area contributed by atoms with E-state index in [4.69, 9.17) is 14.2 Å². The molecule has 0 radical (unpaired) electrons. The van der Waals surface area contributed by atoms with Crippen molar-refractivity contribution in [2.45, 2.75) is 13.8 Å². The van der Waals surface area contributed by atoms with E-state index in [0.29, 0.717) is 11.1 Å². The normalized spacial score (nSPS) is 10.8. The molecule has 0 saturated heterocycles. The average molecular weight is 383 g/mol.